The van der Waals surface area contributed by atoms with Crippen LogP contribution in [0.15, 0.2) is 34.9 Å². The first kappa shape index (κ1) is 20.8. The maximum absolute atomic E-state index is 11.4. The minimum atomic E-state index is -0.486. The predicted octanol–water partition coefficient (Wildman–Crippen LogP) is 3.68. The first-order valence-corrected chi connectivity index (χ1v) is 8.31. The number of phenolic OH excluding ortho intramolecular Hbond substituents is 1. The Bertz CT molecular complexity index is 958. The van der Waals surface area contributed by atoms with Crippen molar-refractivity contribution in [2.75, 3.05) is 13.2 Å². The number of fused-ring (bicyclic) bond motifs is 1. The number of halogens is 2. The number of carbonyl (C=O) groups excluding carboxylic acids is 1. The zero-order chi connectivity index (χ0) is 18.7. The zero-order valence-corrected chi connectivity index (χ0v) is 16.0. The van der Waals surface area contributed by atoms with Gasteiger partial charge in [0.2, 0.25) is 0 Å². The molecule has 2 aromatic carbocycles. The van der Waals surface area contributed by atoms with E-state index in [4.69, 9.17) is 31.3 Å². The van der Waals surface area contributed by atoms with Crippen molar-refractivity contribution in [3.8, 4) is 22.8 Å². The number of esters is 1. The fraction of sp³-hybridized carbons (Fsp3) is 0.222. The summed E-state index contributed by atoms with van der Waals surface area (Å²) in [4.78, 5) is 11.4. The molecule has 0 amide bonds. The van der Waals surface area contributed by atoms with Crippen LogP contribution >= 0.6 is 24.0 Å². The Hall–Kier alpha value is -2.48. The van der Waals surface area contributed by atoms with Gasteiger partial charge in [0, 0.05) is 17.7 Å². The van der Waals surface area contributed by atoms with Crippen molar-refractivity contribution in [3.05, 3.63) is 40.9 Å². The zero-order valence-electron chi connectivity index (χ0n) is 14.4. The molecule has 0 saturated heterocycles. The molecule has 3 rings (SSSR count). The molecule has 0 atom stereocenters. The quantitative estimate of drug-likeness (QED) is 0.594. The van der Waals surface area contributed by atoms with Gasteiger partial charge in [0.05, 0.1) is 12.0 Å². The molecule has 3 aromatic rings. The summed E-state index contributed by atoms with van der Waals surface area (Å²) in [6.45, 7) is 1.93. The second-order valence-corrected chi connectivity index (χ2v) is 5.80. The second-order valence-electron chi connectivity index (χ2n) is 5.43. The summed E-state index contributed by atoms with van der Waals surface area (Å²) >= 11 is 6.32. The highest BCUT2D eigenvalue weighted by Crippen LogP contribution is 2.38. The monoisotopic (exact) mass is 412 g/mol. The summed E-state index contributed by atoms with van der Waals surface area (Å²) in [7, 11) is 0. The maximum Gasteiger partial charge on any atom is 0.344 e. The molecule has 27 heavy (non-hydrogen) atoms. The van der Waals surface area contributed by atoms with Gasteiger partial charge in [-0.2, -0.15) is 0 Å². The van der Waals surface area contributed by atoms with Gasteiger partial charge in [0.1, 0.15) is 22.2 Å². The summed E-state index contributed by atoms with van der Waals surface area (Å²) in [6.07, 6.45) is 0. The van der Waals surface area contributed by atoms with Gasteiger partial charge < -0.3 is 24.8 Å². The number of ether oxygens (including phenoxy) is 2. The molecule has 0 spiro atoms. The van der Waals surface area contributed by atoms with Crippen molar-refractivity contribution in [1.82, 2.24) is 5.16 Å². The molecule has 0 saturated carbocycles. The summed E-state index contributed by atoms with van der Waals surface area (Å²) in [5.74, 6) is -0.0691. The molecule has 0 radical (unpaired) electrons. The molecule has 1 aromatic heterocycles. The Morgan fingerprint density at radius 1 is 1.33 bits per heavy atom. The number of rotatable bonds is 6. The molecular weight excluding hydrogens is 395 g/mol. The molecule has 3 N–H and O–H groups in total. The van der Waals surface area contributed by atoms with E-state index in [0.717, 1.165) is 5.56 Å². The molecule has 0 aliphatic heterocycles. The van der Waals surface area contributed by atoms with Crippen LogP contribution in [0, 0.1) is 0 Å². The second kappa shape index (κ2) is 8.94. The lowest BCUT2D eigenvalue weighted by Gasteiger charge is -2.07. The van der Waals surface area contributed by atoms with Crippen molar-refractivity contribution in [2.24, 2.45) is 5.73 Å². The number of nitrogens with zero attached hydrogens (tertiary/aromatic N) is 1. The topological polar surface area (TPSA) is 108 Å². The van der Waals surface area contributed by atoms with Gasteiger partial charge in [-0.1, -0.05) is 16.8 Å². The number of hydrogen-bond donors (Lipinski definition) is 2. The summed E-state index contributed by atoms with van der Waals surface area (Å²) in [6, 6.07) is 8.38. The van der Waals surface area contributed by atoms with E-state index < -0.39 is 5.97 Å². The smallest absolute Gasteiger partial charge is 0.344 e. The Balaban J connectivity index is 0.00000261. The van der Waals surface area contributed by atoms with Crippen LogP contribution in [-0.2, 0) is 16.1 Å². The van der Waals surface area contributed by atoms with Crippen molar-refractivity contribution in [3.63, 3.8) is 0 Å². The van der Waals surface area contributed by atoms with Crippen LogP contribution < -0.4 is 10.5 Å². The maximum atomic E-state index is 11.4. The third-order valence-corrected chi connectivity index (χ3v) is 4.13. The first-order chi connectivity index (χ1) is 12.5. The lowest BCUT2D eigenvalue weighted by Crippen LogP contribution is -2.14. The molecule has 0 unspecified atom stereocenters. The van der Waals surface area contributed by atoms with Crippen molar-refractivity contribution in [1.29, 1.82) is 0 Å². The van der Waals surface area contributed by atoms with Crippen LogP contribution in [-0.4, -0.2) is 29.4 Å². The summed E-state index contributed by atoms with van der Waals surface area (Å²) < 4.78 is 15.6. The molecule has 9 heteroatoms. The normalized spacial score (nSPS) is 10.5. The molecule has 1 heterocycles. The molecule has 144 valence electrons. The number of aromatic nitrogens is 1. The molecule has 0 bridgehead atoms. The Morgan fingerprint density at radius 3 is 2.81 bits per heavy atom. The third-order valence-electron chi connectivity index (χ3n) is 3.77. The van der Waals surface area contributed by atoms with E-state index in [1.165, 1.54) is 0 Å². The van der Waals surface area contributed by atoms with E-state index in [0.29, 0.717) is 28.0 Å². The number of aromatic hydroxyl groups is 1. The number of hydrogen-bond acceptors (Lipinski definition) is 7. The summed E-state index contributed by atoms with van der Waals surface area (Å²) in [5, 5.41) is 14.7. The van der Waals surface area contributed by atoms with Crippen LogP contribution in [0.4, 0.5) is 0 Å². The number of phenols is 1. The minimum absolute atomic E-state index is 0. The molecule has 0 fully saturated rings. The lowest BCUT2D eigenvalue weighted by atomic mass is 10.0. The predicted molar refractivity (Wildman–Crippen MR) is 103 cm³/mol. The molecule has 0 aliphatic rings. The molecule has 7 nitrogen and oxygen atoms in total. The minimum Gasteiger partial charge on any atom is -0.508 e. The molecular formula is C18H18Cl2N2O5. The fourth-order valence-electron chi connectivity index (χ4n) is 2.51. The number of benzene rings is 2. The van der Waals surface area contributed by atoms with Crippen LogP contribution in [0.2, 0.25) is 5.02 Å². The highest BCUT2D eigenvalue weighted by atomic mass is 35.5. The average Bonchev–Trinajstić information content (AvgIpc) is 3.07. The van der Waals surface area contributed by atoms with E-state index in [2.05, 4.69) is 5.16 Å². The highest BCUT2D eigenvalue weighted by molar-refractivity contribution is 6.36. The van der Waals surface area contributed by atoms with E-state index in [1.54, 1.807) is 37.3 Å². The van der Waals surface area contributed by atoms with Gasteiger partial charge in [0.25, 0.3) is 0 Å². The van der Waals surface area contributed by atoms with Gasteiger partial charge in [0.15, 0.2) is 12.2 Å². The highest BCUT2D eigenvalue weighted by Gasteiger charge is 2.18. The number of nitrogens with two attached hydrogens (primary N) is 1. The van der Waals surface area contributed by atoms with Crippen molar-refractivity contribution < 1.29 is 23.9 Å². The van der Waals surface area contributed by atoms with Crippen LogP contribution in [0.1, 0.15) is 12.5 Å². The van der Waals surface area contributed by atoms with Crippen molar-refractivity contribution >= 4 is 40.9 Å². The van der Waals surface area contributed by atoms with E-state index in [1.807, 2.05) is 0 Å². The number of carbonyl (C=O) groups is 1. The van der Waals surface area contributed by atoms with Crippen molar-refractivity contribution in [2.45, 2.75) is 13.5 Å². The fourth-order valence-corrected chi connectivity index (χ4v) is 2.76. The van der Waals surface area contributed by atoms with Gasteiger partial charge >= 0.3 is 5.97 Å². The summed E-state index contributed by atoms with van der Waals surface area (Å²) in [5.41, 5.74) is 7.86. The molecule has 0 aliphatic carbocycles. The largest absolute Gasteiger partial charge is 0.508 e. The SMILES string of the molecule is CCOC(=O)COc1ccc2c(-c3ccc(O)c(CN)c3)noc2c1Cl.Cl. The van der Waals surface area contributed by atoms with Gasteiger partial charge in [-0.05, 0) is 37.3 Å². The standard InChI is InChI=1S/C18H17ClN2O5.ClH/c1-2-24-15(23)9-25-14-6-4-12-17(21-26-18(12)16(14)19)10-3-5-13(22)11(7-10)8-20;/h3-7,22H,2,8-9,20H2,1H3;1H. The van der Waals surface area contributed by atoms with Gasteiger partial charge in [-0.25, -0.2) is 4.79 Å². The Labute approximate surface area is 166 Å². The van der Waals surface area contributed by atoms with Crippen LogP contribution in [0.3, 0.4) is 0 Å². The van der Waals surface area contributed by atoms with E-state index in [-0.39, 0.29) is 42.9 Å². The van der Waals surface area contributed by atoms with E-state index >= 15 is 0 Å². The van der Waals surface area contributed by atoms with Crippen LogP contribution in [0.25, 0.3) is 22.2 Å². The first-order valence-electron chi connectivity index (χ1n) is 7.93. The third kappa shape index (κ3) is 4.27. The Kier molecular flexibility index (Phi) is 6.90. The van der Waals surface area contributed by atoms with Gasteiger partial charge in [-0.15, -0.1) is 12.4 Å². The van der Waals surface area contributed by atoms with Crippen LogP contribution in [0.5, 0.6) is 11.5 Å². The average molecular weight is 413 g/mol. The lowest BCUT2D eigenvalue weighted by molar-refractivity contribution is -0.145. The van der Waals surface area contributed by atoms with Gasteiger partial charge in [-0.3, -0.25) is 0 Å². The van der Waals surface area contributed by atoms with E-state index in [9.17, 15) is 9.90 Å². The Morgan fingerprint density at radius 2 is 2.11 bits per heavy atom.